The van der Waals surface area contributed by atoms with E-state index in [9.17, 15) is 18.5 Å². The first-order valence-electron chi connectivity index (χ1n) is 5.00. The third-order valence-electron chi connectivity index (χ3n) is 2.14. The van der Waals surface area contributed by atoms with Crippen molar-refractivity contribution in [3.63, 3.8) is 0 Å². The lowest BCUT2D eigenvalue weighted by Crippen LogP contribution is -2.33. The van der Waals surface area contributed by atoms with Gasteiger partial charge in [0.15, 0.2) is 0 Å². The van der Waals surface area contributed by atoms with E-state index in [2.05, 4.69) is 0 Å². The number of hydrogen-bond donors (Lipinski definition) is 3. The fourth-order valence-corrected chi connectivity index (χ4v) is 2.43. The van der Waals surface area contributed by atoms with Gasteiger partial charge in [0.05, 0.1) is 22.5 Å². The summed E-state index contributed by atoms with van der Waals surface area (Å²) in [4.78, 5) is 9.49. The van der Waals surface area contributed by atoms with Gasteiger partial charge in [-0.1, -0.05) is 11.6 Å². The van der Waals surface area contributed by atoms with Gasteiger partial charge in [-0.25, -0.2) is 13.1 Å². The normalized spacial score (nSPS) is 13.2. The zero-order valence-corrected chi connectivity index (χ0v) is 11.1. The molecule has 19 heavy (non-hydrogen) atoms. The molecule has 0 amide bonds. The average Bonchev–Trinajstić information content (AvgIpc) is 2.35. The molecule has 1 unspecified atom stereocenters. The lowest BCUT2D eigenvalue weighted by atomic mass is 10.3. The Balaban J connectivity index is 3.02. The smallest absolute Gasteiger partial charge is 0.289 e. The van der Waals surface area contributed by atoms with Gasteiger partial charge in [0, 0.05) is 12.6 Å². The van der Waals surface area contributed by atoms with Crippen LogP contribution < -0.4 is 4.72 Å². The van der Waals surface area contributed by atoms with Crippen LogP contribution in [0, 0.1) is 10.1 Å². The molecule has 0 aromatic heterocycles. The lowest BCUT2D eigenvalue weighted by Gasteiger charge is -2.09. The van der Waals surface area contributed by atoms with Crippen LogP contribution in [0.25, 0.3) is 0 Å². The van der Waals surface area contributed by atoms with E-state index in [1.807, 2.05) is 4.72 Å². The van der Waals surface area contributed by atoms with Gasteiger partial charge in [-0.15, -0.1) is 0 Å². The molecule has 0 spiro atoms. The Labute approximate surface area is 113 Å². The predicted octanol–water partition coefficient (Wildman–Crippen LogP) is -0.120. The fourth-order valence-electron chi connectivity index (χ4n) is 1.15. The standard InChI is InChI=1S/C9H11ClN2O6S/c10-8-2-1-7(3-9(8)12(15)16)19(17,18)11-4-6(14)5-13/h1-3,6,11,13-14H,4-5H2. The molecular formula is C9H11ClN2O6S. The summed E-state index contributed by atoms with van der Waals surface area (Å²) in [7, 11) is -4.02. The van der Waals surface area contributed by atoms with Gasteiger partial charge in [0.2, 0.25) is 10.0 Å². The van der Waals surface area contributed by atoms with Gasteiger partial charge in [0.25, 0.3) is 5.69 Å². The summed E-state index contributed by atoms with van der Waals surface area (Å²) >= 11 is 5.56. The van der Waals surface area contributed by atoms with Crippen LogP contribution in [-0.2, 0) is 10.0 Å². The van der Waals surface area contributed by atoms with Crippen molar-refractivity contribution < 1.29 is 23.6 Å². The van der Waals surface area contributed by atoms with Gasteiger partial charge in [-0.3, -0.25) is 10.1 Å². The molecule has 3 N–H and O–H groups in total. The largest absolute Gasteiger partial charge is 0.394 e. The molecule has 0 saturated carbocycles. The van der Waals surface area contributed by atoms with Crippen LogP contribution in [0.4, 0.5) is 5.69 Å². The maximum atomic E-state index is 11.8. The van der Waals surface area contributed by atoms with Crippen molar-refractivity contribution in [2.45, 2.75) is 11.0 Å². The van der Waals surface area contributed by atoms with Crippen molar-refractivity contribution in [2.75, 3.05) is 13.2 Å². The first-order valence-corrected chi connectivity index (χ1v) is 6.86. The van der Waals surface area contributed by atoms with E-state index in [-0.39, 0.29) is 9.92 Å². The first-order chi connectivity index (χ1) is 8.77. The molecule has 8 nitrogen and oxygen atoms in total. The Bertz CT molecular complexity index is 576. The molecule has 0 heterocycles. The Morgan fingerprint density at radius 1 is 1.47 bits per heavy atom. The third-order valence-corrected chi connectivity index (χ3v) is 3.89. The van der Waals surface area contributed by atoms with Gasteiger partial charge in [0.1, 0.15) is 5.02 Å². The predicted molar refractivity (Wildman–Crippen MR) is 66.4 cm³/mol. The molecule has 106 valence electrons. The average molecular weight is 311 g/mol. The number of nitrogens with zero attached hydrogens (tertiary/aromatic N) is 1. The molecule has 1 rings (SSSR count). The minimum absolute atomic E-state index is 0.181. The second-order valence-corrected chi connectivity index (χ2v) is 5.73. The maximum absolute atomic E-state index is 11.8. The number of nitrogens with one attached hydrogen (secondary N) is 1. The van der Waals surface area contributed by atoms with Gasteiger partial charge < -0.3 is 10.2 Å². The van der Waals surface area contributed by atoms with Crippen LogP contribution in [0.1, 0.15) is 0 Å². The molecular weight excluding hydrogens is 300 g/mol. The number of halogens is 1. The van der Waals surface area contributed by atoms with Crippen LogP contribution in [0.3, 0.4) is 0 Å². The Morgan fingerprint density at radius 3 is 2.63 bits per heavy atom. The Kier molecular flexibility index (Phi) is 5.20. The highest BCUT2D eigenvalue weighted by atomic mass is 35.5. The van der Waals surface area contributed by atoms with Crippen molar-refractivity contribution in [3.05, 3.63) is 33.3 Å². The highest BCUT2D eigenvalue weighted by Gasteiger charge is 2.21. The minimum Gasteiger partial charge on any atom is -0.394 e. The molecule has 0 fully saturated rings. The Morgan fingerprint density at radius 2 is 2.11 bits per heavy atom. The van der Waals surface area contributed by atoms with Crippen LogP contribution in [0.15, 0.2) is 23.1 Å². The molecule has 0 saturated heterocycles. The molecule has 0 aliphatic rings. The van der Waals surface area contributed by atoms with E-state index in [1.165, 1.54) is 0 Å². The molecule has 0 bridgehead atoms. The molecule has 1 atom stereocenters. The van der Waals surface area contributed by atoms with Crippen molar-refractivity contribution in [3.8, 4) is 0 Å². The van der Waals surface area contributed by atoms with Crippen molar-refractivity contribution in [1.29, 1.82) is 0 Å². The van der Waals surface area contributed by atoms with E-state index in [0.717, 1.165) is 18.2 Å². The third kappa shape index (κ3) is 4.11. The van der Waals surface area contributed by atoms with Gasteiger partial charge in [-0.05, 0) is 12.1 Å². The minimum atomic E-state index is -4.02. The second kappa shape index (κ2) is 6.26. The molecule has 10 heteroatoms. The summed E-state index contributed by atoms with van der Waals surface area (Å²) in [5.41, 5.74) is -0.535. The lowest BCUT2D eigenvalue weighted by molar-refractivity contribution is -0.384. The quantitative estimate of drug-likeness (QED) is 0.496. The summed E-state index contributed by atoms with van der Waals surface area (Å²) in [6.07, 6.45) is -1.25. The highest BCUT2D eigenvalue weighted by Crippen LogP contribution is 2.26. The van der Waals surface area contributed by atoms with E-state index in [4.69, 9.17) is 21.8 Å². The summed E-state index contributed by atoms with van der Waals surface area (Å²) in [5, 5.41) is 28.1. The van der Waals surface area contributed by atoms with E-state index in [1.54, 1.807) is 0 Å². The number of rotatable bonds is 6. The molecule has 0 aliphatic heterocycles. The van der Waals surface area contributed by atoms with Crippen LogP contribution in [0.2, 0.25) is 5.02 Å². The zero-order valence-electron chi connectivity index (χ0n) is 9.48. The summed E-state index contributed by atoms with van der Waals surface area (Å²) in [5.74, 6) is 0. The number of aliphatic hydroxyl groups is 2. The Hall–Kier alpha value is -1.26. The van der Waals surface area contributed by atoms with Crippen molar-refractivity contribution in [2.24, 2.45) is 0 Å². The summed E-state index contributed by atoms with van der Waals surface area (Å²) in [6, 6.07) is 3.01. The number of nitro benzene ring substituents is 1. The number of nitro groups is 1. The number of sulfonamides is 1. The van der Waals surface area contributed by atoms with E-state index < -0.39 is 39.9 Å². The van der Waals surface area contributed by atoms with Gasteiger partial charge in [-0.2, -0.15) is 0 Å². The number of aliphatic hydroxyl groups excluding tert-OH is 2. The maximum Gasteiger partial charge on any atom is 0.289 e. The summed E-state index contributed by atoms with van der Waals surface area (Å²) < 4.78 is 25.5. The monoisotopic (exact) mass is 310 g/mol. The van der Waals surface area contributed by atoms with E-state index in [0.29, 0.717) is 0 Å². The first kappa shape index (κ1) is 15.8. The van der Waals surface area contributed by atoms with Crippen molar-refractivity contribution in [1.82, 2.24) is 4.72 Å². The van der Waals surface area contributed by atoms with Crippen molar-refractivity contribution >= 4 is 27.3 Å². The van der Waals surface area contributed by atoms with Crippen LogP contribution in [0.5, 0.6) is 0 Å². The van der Waals surface area contributed by atoms with Crippen LogP contribution in [-0.4, -0.2) is 42.8 Å². The summed E-state index contributed by atoms with van der Waals surface area (Å²) in [6.45, 7) is -1.02. The van der Waals surface area contributed by atoms with E-state index >= 15 is 0 Å². The topological polar surface area (TPSA) is 130 Å². The number of hydrogen-bond acceptors (Lipinski definition) is 6. The van der Waals surface area contributed by atoms with Crippen LogP contribution >= 0.6 is 11.6 Å². The second-order valence-electron chi connectivity index (χ2n) is 3.56. The number of benzene rings is 1. The van der Waals surface area contributed by atoms with Gasteiger partial charge >= 0.3 is 0 Å². The zero-order chi connectivity index (χ0) is 14.6. The highest BCUT2D eigenvalue weighted by molar-refractivity contribution is 7.89. The SMILES string of the molecule is O=[N+]([O-])c1cc(S(=O)(=O)NCC(O)CO)ccc1Cl. The molecule has 0 radical (unpaired) electrons. The molecule has 1 aromatic rings. The fraction of sp³-hybridized carbons (Fsp3) is 0.333. The molecule has 1 aromatic carbocycles. The molecule has 0 aliphatic carbocycles.